The minimum absolute atomic E-state index is 0.0999. The van der Waals surface area contributed by atoms with Crippen molar-refractivity contribution in [3.8, 4) is 10.6 Å². The fraction of sp³-hybridized carbons (Fsp3) is 0.438. The number of thiazole rings is 1. The maximum absolute atomic E-state index is 6.01. The third-order valence-corrected chi connectivity index (χ3v) is 4.60. The van der Waals surface area contributed by atoms with E-state index in [1.54, 1.807) is 11.3 Å². The average Bonchev–Trinajstić information content (AvgIpc) is 2.94. The molecule has 0 aliphatic heterocycles. The molecule has 4 heteroatoms. The highest BCUT2D eigenvalue weighted by molar-refractivity contribution is 7.13. The van der Waals surface area contributed by atoms with Crippen molar-refractivity contribution in [3.63, 3.8) is 0 Å². The first-order valence-corrected chi connectivity index (χ1v) is 8.20. The van der Waals surface area contributed by atoms with Gasteiger partial charge in [0.25, 0.3) is 0 Å². The number of ether oxygens (including phenoxy) is 1. The molecule has 1 aromatic heterocycles. The van der Waals surface area contributed by atoms with Crippen LogP contribution in [0.5, 0.6) is 0 Å². The van der Waals surface area contributed by atoms with Crippen LogP contribution in [-0.2, 0) is 17.2 Å². The van der Waals surface area contributed by atoms with Crippen LogP contribution in [0.2, 0.25) is 0 Å². The number of hydrogen-bond acceptors (Lipinski definition) is 3. The van der Waals surface area contributed by atoms with Crippen LogP contribution in [0.4, 0.5) is 0 Å². The quantitative estimate of drug-likeness (QED) is 0.679. The first-order chi connectivity index (χ1) is 9.55. The van der Waals surface area contributed by atoms with Gasteiger partial charge >= 0.3 is 0 Å². The van der Waals surface area contributed by atoms with E-state index in [4.69, 9.17) is 16.3 Å². The fourth-order valence-corrected chi connectivity index (χ4v) is 2.83. The summed E-state index contributed by atoms with van der Waals surface area (Å²) in [5.41, 5.74) is 3.14. The van der Waals surface area contributed by atoms with E-state index in [2.05, 4.69) is 37.9 Å². The summed E-state index contributed by atoms with van der Waals surface area (Å²) in [5, 5.41) is 3.02. The molecule has 0 bridgehead atoms. The van der Waals surface area contributed by atoms with Crippen molar-refractivity contribution in [3.05, 3.63) is 40.9 Å². The van der Waals surface area contributed by atoms with Crippen LogP contribution >= 0.6 is 22.9 Å². The summed E-state index contributed by atoms with van der Waals surface area (Å²) < 4.78 is 6.01. The molecular weight excluding hydrogens is 290 g/mol. The Kier molecular flexibility index (Phi) is 5.19. The predicted octanol–water partition coefficient (Wildman–Crippen LogP) is 5.25. The average molecular weight is 310 g/mol. The Morgan fingerprint density at radius 3 is 2.70 bits per heavy atom. The molecule has 0 amide bonds. The molecule has 0 aliphatic rings. The van der Waals surface area contributed by atoms with Gasteiger partial charge in [0, 0.05) is 10.9 Å². The summed E-state index contributed by atoms with van der Waals surface area (Å²) >= 11 is 7.46. The summed E-state index contributed by atoms with van der Waals surface area (Å²) in [6.45, 7) is 6.97. The van der Waals surface area contributed by atoms with Gasteiger partial charge in [0.2, 0.25) is 0 Å². The van der Waals surface area contributed by atoms with Gasteiger partial charge in [0.05, 0.1) is 23.8 Å². The lowest BCUT2D eigenvalue weighted by Gasteiger charge is -2.24. The standard InChI is InChI=1S/C16H20ClNOS/c1-4-16(2,3)19-10-12-7-5-6-8-14(12)15-18-13(9-17)11-20-15/h5-8,11H,4,9-10H2,1-3H3. The van der Waals surface area contributed by atoms with Gasteiger partial charge in [-0.3, -0.25) is 0 Å². The first kappa shape index (κ1) is 15.5. The van der Waals surface area contributed by atoms with E-state index in [-0.39, 0.29) is 5.60 Å². The van der Waals surface area contributed by atoms with Gasteiger partial charge in [-0.1, -0.05) is 31.2 Å². The summed E-state index contributed by atoms with van der Waals surface area (Å²) in [4.78, 5) is 4.56. The third kappa shape index (κ3) is 3.81. The molecule has 0 saturated heterocycles. The second kappa shape index (κ2) is 6.70. The second-order valence-electron chi connectivity index (χ2n) is 5.34. The minimum Gasteiger partial charge on any atom is -0.371 e. The predicted molar refractivity (Wildman–Crippen MR) is 86.3 cm³/mol. The Hall–Kier alpha value is -0.900. The summed E-state index contributed by atoms with van der Waals surface area (Å²) in [6, 6.07) is 8.26. The van der Waals surface area contributed by atoms with E-state index in [1.807, 2.05) is 17.5 Å². The molecule has 2 nitrogen and oxygen atoms in total. The summed E-state index contributed by atoms with van der Waals surface area (Å²) in [5.74, 6) is 0.456. The number of alkyl halides is 1. The number of hydrogen-bond donors (Lipinski definition) is 0. The molecule has 0 N–H and O–H groups in total. The SMILES string of the molecule is CCC(C)(C)OCc1ccccc1-c1nc(CCl)cs1. The largest absolute Gasteiger partial charge is 0.371 e. The topological polar surface area (TPSA) is 22.1 Å². The number of aromatic nitrogens is 1. The molecule has 20 heavy (non-hydrogen) atoms. The minimum atomic E-state index is -0.0999. The van der Waals surface area contributed by atoms with Crippen molar-refractivity contribution in [2.75, 3.05) is 0 Å². The van der Waals surface area contributed by atoms with Crippen LogP contribution in [0, 0.1) is 0 Å². The molecule has 1 aromatic carbocycles. The van der Waals surface area contributed by atoms with Crippen molar-refractivity contribution in [2.45, 2.75) is 45.3 Å². The molecule has 0 saturated carbocycles. The molecule has 2 rings (SSSR count). The van der Waals surface area contributed by atoms with Gasteiger partial charge < -0.3 is 4.74 Å². The smallest absolute Gasteiger partial charge is 0.124 e. The molecule has 0 unspecified atom stereocenters. The molecule has 0 spiro atoms. The van der Waals surface area contributed by atoms with E-state index < -0.39 is 0 Å². The van der Waals surface area contributed by atoms with Gasteiger partial charge in [0.1, 0.15) is 5.01 Å². The molecule has 1 heterocycles. The molecule has 0 fully saturated rings. The van der Waals surface area contributed by atoms with Crippen molar-refractivity contribution >= 4 is 22.9 Å². The highest BCUT2D eigenvalue weighted by Crippen LogP contribution is 2.29. The van der Waals surface area contributed by atoms with Crippen molar-refractivity contribution in [1.29, 1.82) is 0 Å². The maximum atomic E-state index is 6.01. The van der Waals surface area contributed by atoms with Gasteiger partial charge in [-0.2, -0.15) is 0 Å². The first-order valence-electron chi connectivity index (χ1n) is 6.78. The molecule has 2 aromatic rings. The van der Waals surface area contributed by atoms with E-state index in [0.29, 0.717) is 12.5 Å². The van der Waals surface area contributed by atoms with E-state index in [0.717, 1.165) is 22.7 Å². The van der Waals surface area contributed by atoms with Crippen LogP contribution in [0.1, 0.15) is 38.4 Å². The second-order valence-corrected chi connectivity index (χ2v) is 6.46. The summed E-state index contributed by atoms with van der Waals surface area (Å²) in [7, 11) is 0. The molecule has 0 atom stereocenters. The Balaban J connectivity index is 2.22. The van der Waals surface area contributed by atoms with Gasteiger partial charge in [-0.05, 0) is 25.8 Å². The van der Waals surface area contributed by atoms with Crippen molar-refractivity contribution < 1.29 is 4.74 Å². The van der Waals surface area contributed by atoms with Crippen LogP contribution in [-0.4, -0.2) is 10.6 Å². The number of nitrogens with zero attached hydrogens (tertiary/aromatic N) is 1. The zero-order valence-electron chi connectivity index (χ0n) is 12.1. The van der Waals surface area contributed by atoms with Crippen LogP contribution in [0.25, 0.3) is 10.6 Å². The normalized spacial score (nSPS) is 11.8. The van der Waals surface area contributed by atoms with Gasteiger partial charge in [-0.15, -0.1) is 22.9 Å². The zero-order valence-corrected chi connectivity index (χ0v) is 13.7. The van der Waals surface area contributed by atoms with Gasteiger partial charge in [-0.25, -0.2) is 4.98 Å². The van der Waals surface area contributed by atoms with Crippen molar-refractivity contribution in [1.82, 2.24) is 4.98 Å². The molecule has 0 radical (unpaired) electrons. The van der Waals surface area contributed by atoms with E-state index in [9.17, 15) is 0 Å². The maximum Gasteiger partial charge on any atom is 0.124 e. The Bertz CT molecular complexity index is 565. The lowest BCUT2D eigenvalue weighted by molar-refractivity contribution is -0.0314. The highest BCUT2D eigenvalue weighted by Gasteiger charge is 2.17. The van der Waals surface area contributed by atoms with Crippen LogP contribution in [0.3, 0.4) is 0 Å². The zero-order chi connectivity index (χ0) is 14.6. The fourth-order valence-electron chi connectivity index (χ4n) is 1.72. The van der Waals surface area contributed by atoms with E-state index in [1.165, 1.54) is 5.56 Å². The number of rotatable bonds is 6. The molecular formula is C16H20ClNOS. The molecule has 108 valence electrons. The van der Waals surface area contributed by atoms with Gasteiger partial charge in [0.15, 0.2) is 0 Å². The highest BCUT2D eigenvalue weighted by atomic mass is 35.5. The van der Waals surface area contributed by atoms with Crippen LogP contribution < -0.4 is 0 Å². The molecule has 0 aliphatic carbocycles. The Morgan fingerprint density at radius 1 is 1.30 bits per heavy atom. The summed E-state index contributed by atoms with van der Waals surface area (Å²) in [6.07, 6.45) is 0.989. The Morgan fingerprint density at radius 2 is 2.05 bits per heavy atom. The lowest BCUT2D eigenvalue weighted by Crippen LogP contribution is -2.22. The van der Waals surface area contributed by atoms with Crippen molar-refractivity contribution in [2.24, 2.45) is 0 Å². The van der Waals surface area contributed by atoms with Crippen LogP contribution in [0.15, 0.2) is 29.6 Å². The van der Waals surface area contributed by atoms with E-state index >= 15 is 0 Å². The number of benzene rings is 1. The third-order valence-electron chi connectivity index (χ3n) is 3.41. The Labute approximate surface area is 129 Å². The monoisotopic (exact) mass is 309 g/mol. The number of halogens is 1. The lowest BCUT2D eigenvalue weighted by atomic mass is 10.1.